The topological polar surface area (TPSA) is 26.3 Å². The van der Waals surface area contributed by atoms with Crippen molar-refractivity contribution in [2.75, 3.05) is 0 Å². The van der Waals surface area contributed by atoms with Crippen LogP contribution in [0.15, 0.2) is 0 Å². The Morgan fingerprint density at radius 2 is 2.18 bits per heavy atom. The summed E-state index contributed by atoms with van der Waals surface area (Å²) >= 11 is 0. The van der Waals surface area contributed by atoms with Gasteiger partial charge < -0.3 is 4.74 Å². The molecule has 0 aliphatic carbocycles. The molecule has 1 fully saturated rings. The first-order valence-corrected chi connectivity index (χ1v) is 4.30. The molecule has 0 aromatic carbocycles. The van der Waals surface area contributed by atoms with E-state index in [1.807, 2.05) is 0 Å². The quantitative estimate of drug-likeness (QED) is 0.543. The van der Waals surface area contributed by atoms with Crippen LogP contribution < -0.4 is 0 Å². The first-order chi connectivity index (χ1) is 5.11. The molecule has 64 valence electrons. The van der Waals surface area contributed by atoms with Gasteiger partial charge in [-0.05, 0) is 18.3 Å². The molecule has 0 bridgehead atoms. The van der Waals surface area contributed by atoms with E-state index < -0.39 is 0 Å². The van der Waals surface area contributed by atoms with Crippen LogP contribution in [-0.4, -0.2) is 12.1 Å². The standard InChI is InChI=1S/C9H16O2/c1-6(2)9-7(3)4-5-8(10)11-9/h6-7,9H,4-5H2,1-3H3/t7-,9-/m0/s1. The van der Waals surface area contributed by atoms with Gasteiger partial charge in [0.2, 0.25) is 0 Å². The molecule has 0 unspecified atom stereocenters. The minimum atomic E-state index is -0.0261. The van der Waals surface area contributed by atoms with Gasteiger partial charge in [0.05, 0.1) is 0 Å². The number of cyclic esters (lactones) is 1. The maximum Gasteiger partial charge on any atom is 0.306 e. The van der Waals surface area contributed by atoms with Crippen molar-refractivity contribution in [1.29, 1.82) is 0 Å². The van der Waals surface area contributed by atoms with E-state index in [-0.39, 0.29) is 12.1 Å². The van der Waals surface area contributed by atoms with E-state index in [9.17, 15) is 4.79 Å². The van der Waals surface area contributed by atoms with E-state index >= 15 is 0 Å². The lowest BCUT2D eigenvalue weighted by atomic mass is 9.89. The Morgan fingerprint density at radius 3 is 2.64 bits per heavy atom. The highest BCUT2D eigenvalue weighted by atomic mass is 16.5. The summed E-state index contributed by atoms with van der Waals surface area (Å²) in [7, 11) is 0. The average Bonchev–Trinajstić information content (AvgIpc) is 1.94. The molecule has 0 N–H and O–H groups in total. The van der Waals surface area contributed by atoms with Crippen molar-refractivity contribution < 1.29 is 9.53 Å². The number of hydrogen-bond acceptors (Lipinski definition) is 2. The number of hydrogen-bond donors (Lipinski definition) is 0. The highest BCUT2D eigenvalue weighted by molar-refractivity contribution is 5.70. The van der Waals surface area contributed by atoms with Gasteiger partial charge in [0.15, 0.2) is 0 Å². The van der Waals surface area contributed by atoms with Crippen molar-refractivity contribution in [3.63, 3.8) is 0 Å². The van der Waals surface area contributed by atoms with Gasteiger partial charge in [-0.25, -0.2) is 0 Å². The molecule has 0 amide bonds. The van der Waals surface area contributed by atoms with E-state index in [1.165, 1.54) is 0 Å². The molecule has 0 saturated carbocycles. The Bertz CT molecular complexity index is 152. The van der Waals surface area contributed by atoms with E-state index in [1.54, 1.807) is 0 Å². The number of ether oxygens (including phenoxy) is 1. The third kappa shape index (κ3) is 1.95. The highest BCUT2D eigenvalue weighted by Gasteiger charge is 2.29. The molecular weight excluding hydrogens is 140 g/mol. The van der Waals surface area contributed by atoms with Crippen molar-refractivity contribution in [3.05, 3.63) is 0 Å². The van der Waals surface area contributed by atoms with Crippen molar-refractivity contribution in [2.45, 2.75) is 39.7 Å². The number of carbonyl (C=O) groups is 1. The summed E-state index contributed by atoms with van der Waals surface area (Å²) in [6.07, 6.45) is 1.74. The predicted molar refractivity (Wildman–Crippen MR) is 43.1 cm³/mol. The summed E-state index contributed by atoms with van der Waals surface area (Å²) in [5.41, 5.74) is 0. The van der Waals surface area contributed by atoms with Crippen LogP contribution in [0.5, 0.6) is 0 Å². The van der Waals surface area contributed by atoms with Crippen LogP contribution in [-0.2, 0) is 9.53 Å². The van der Waals surface area contributed by atoms with Crippen LogP contribution in [0.4, 0.5) is 0 Å². The fraction of sp³-hybridized carbons (Fsp3) is 0.889. The van der Waals surface area contributed by atoms with Crippen molar-refractivity contribution in [3.8, 4) is 0 Å². The molecule has 11 heavy (non-hydrogen) atoms. The summed E-state index contributed by atoms with van der Waals surface area (Å²) < 4.78 is 5.22. The van der Waals surface area contributed by atoms with Gasteiger partial charge in [0.25, 0.3) is 0 Å². The van der Waals surface area contributed by atoms with Gasteiger partial charge in [-0.15, -0.1) is 0 Å². The van der Waals surface area contributed by atoms with Gasteiger partial charge in [0, 0.05) is 6.42 Å². The fourth-order valence-corrected chi connectivity index (χ4v) is 1.63. The fourth-order valence-electron chi connectivity index (χ4n) is 1.63. The molecule has 1 heterocycles. The second-order valence-corrected chi connectivity index (χ2v) is 3.71. The Hall–Kier alpha value is -0.530. The molecular formula is C9H16O2. The van der Waals surface area contributed by atoms with E-state index in [0.717, 1.165) is 6.42 Å². The molecule has 0 radical (unpaired) electrons. The normalized spacial score (nSPS) is 32.2. The summed E-state index contributed by atoms with van der Waals surface area (Å²) in [4.78, 5) is 10.9. The molecule has 2 nitrogen and oxygen atoms in total. The number of carbonyl (C=O) groups excluding carboxylic acids is 1. The largest absolute Gasteiger partial charge is 0.462 e. The lowest BCUT2D eigenvalue weighted by Crippen LogP contribution is -2.34. The predicted octanol–water partition coefficient (Wildman–Crippen LogP) is 1.98. The van der Waals surface area contributed by atoms with Gasteiger partial charge in [0.1, 0.15) is 6.10 Å². The third-order valence-electron chi connectivity index (χ3n) is 2.29. The molecule has 1 aliphatic heterocycles. The number of esters is 1. The van der Waals surface area contributed by atoms with E-state index in [0.29, 0.717) is 18.3 Å². The first kappa shape index (κ1) is 8.57. The van der Waals surface area contributed by atoms with Crippen LogP contribution >= 0.6 is 0 Å². The van der Waals surface area contributed by atoms with Crippen LogP contribution in [0.1, 0.15) is 33.6 Å². The minimum Gasteiger partial charge on any atom is -0.462 e. The van der Waals surface area contributed by atoms with Crippen LogP contribution in [0.25, 0.3) is 0 Å². The SMILES string of the molecule is CC(C)[C@@H]1OC(=O)CC[C@@H]1C. The van der Waals surface area contributed by atoms with E-state index in [2.05, 4.69) is 20.8 Å². The minimum absolute atomic E-state index is 0.0261. The lowest BCUT2D eigenvalue weighted by molar-refractivity contribution is -0.161. The van der Waals surface area contributed by atoms with Gasteiger partial charge in [-0.1, -0.05) is 20.8 Å². The monoisotopic (exact) mass is 156 g/mol. The lowest BCUT2D eigenvalue weighted by Gasteiger charge is -2.31. The molecule has 0 aromatic heterocycles. The first-order valence-electron chi connectivity index (χ1n) is 4.30. The Balaban J connectivity index is 2.54. The number of rotatable bonds is 1. The Kier molecular flexibility index (Phi) is 2.53. The summed E-state index contributed by atoms with van der Waals surface area (Å²) in [6.45, 7) is 6.34. The summed E-state index contributed by atoms with van der Waals surface area (Å²) in [5, 5.41) is 0. The molecule has 2 atom stereocenters. The zero-order valence-electron chi connectivity index (χ0n) is 7.46. The zero-order chi connectivity index (χ0) is 8.43. The van der Waals surface area contributed by atoms with Crippen LogP contribution in [0.3, 0.4) is 0 Å². The van der Waals surface area contributed by atoms with Gasteiger partial charge >= 0.3 is 5.97 Å². The second-order valence-electron chi connectivity index (χ2n) is 3.71. The molecule has 0 aromatic rings. The zero-order valence-corrected chi connectivity index (χ0v) is 7.46. The molecule has 2 heteroatoms. The highest BCUT2D eigenvalue weighted by Crippen LogP contribution is 2.25. The third-order valence-corrected chi connectivity index (χ3v) is 2.29. The Morgan fingerprint density at radius 1 is 1.55 bits per heavy atom. The molecule has 0 spiro atoms. The van der Waals surface area contributed by atoms with Crippen LogP contribution in [0.2, 0.25) is 0 Å². The molecule has 1 saturated heterocycles. The van der Waals surface area contributed by atoms with Crippen LogP contribution in [0, 0.1) is 11.8 Å². The van der Waals surface area contributed by atoms with Gasteiger partial charge in [-0.3, -0.25) is 4.79 Å². The van der Waals surface area contributed by atoms with Crippen molar-refractivity contribution >= 4 is 5.97 Å². The smallest absolute Gasteiger partial charge is 0.306 e. The van der Waals surface area contributed by atoms with Gasteiger partial charge in [-0.2, -0.15) is 0 Å². The second kappa shape index (κ2) is 3.24. The average molecular weight is 156 g/mol. The summed E-state index contributed by atoms with van der Waals surface area (Å²) in [6, 6.07) is 0. The Labute approximate surface area is 67.9 Å². The molecule has 1 aliphatic rings. The van der Waals surface area contributed by atoms with Crippen molar-refractivity contribution in [1.82, 2.24) is 0 Å². The van der Waals surface area contributed by atoms with E-state index in [4.69, 9.17) is 4.74 Å². The maximum absolute atomic E-state index is 10.9. The van der Waals surface area contributed by atoms with Crippen molar-refractivity contribution in [2.24, 2.45) is 11.8 Å². The maximum atomic E-state index is 10.9. The molecule has 1 rings (SSSR count). The summed E-state index contributed by atoms with van der Waals surface area (Å²) in [5.74, 6) is 0.962.